The Labute approximate surface area is 69.6 Å². The monoisotopic (exact) mass is 160 g/mol. The highest BCUT2D eigenvalue weighted by Gasteiger charge is 2.32. The summed E-state index contributed by atoms with van der Waals surface area (Å²) in [5, 5.41) is 9.72. The SMILES string of the molecule is CCC(C)(OC)C(O)C(C)C. The molecule has 0 saturated carbocycles. The maximum Gasteiger partial charge on any atom is 0.0908 e. The molecular weight excluding hydrogens is 140 g/mol. The molecule has 11 heavy (non-hydrogen) atoms. The summed E-state index contributed by atoms with van der Waals surface area (Å²) in [7, 11) is 1.65. The molecule has 0 bridgehead atoms. The van der Waals surface area contributed by atoms with Gasteiger partial charge in [0.15, 0.2) is 0 Å². The van der Waals surface area contributed by atoms with E-state index in [1.807, 2.05) is 27.7 Å². The zero-order valence-electron chi connectivity index (χ0n) is 8.22. The van der Waals surface area contributed by atoms with E-state index in [1.54, 1.807) is 7.11 Å². The van der Waals surface area contributed by atoms with Crippen LogP contribution in [-0.2, 0) is 4.74 Å². The van der Waals surface area contributed by atoms with Crippen molar-refractivity contribution in [2.45, 2.75) is 45.8 Å². The van der Waals surface area contributed by atoms with E-state index in [4.69, 9.17) is 4.74 Å². The topological polar surface area (TPSA) is 29.5 Å². The molecular formula is C9H20O2. The maximum atomic E-state index is 9.72. The standard InChI is InChI=1S/C9H20O2/c1-6-9(4,11-5)8(10)7(2)3/h7-8,10H,6H2,1-5H3. The lowest BCUT2D eigenvalue weighted by Gasteiger charge is -2.34. The third kappa shape index (κ3) is 2.46. The van der Waals surface area contributed by atoms with Crippen molar-refractivity contribution < 1.29 is 9.84 Å². The second-order valence-corrected chi connectivity index (χ2v) is 3.56. The highest BCUT2D eigenvalue weighted by molar-refractivity contribution is 4.83. The number of aliphatic hydroxyl groups is 1. The van der Waals surface area contributed by atoms with Crippen LogP contribution in [0.25, 0.3) is 0 Å². The summed E-state index contributed by atoms with van der Waals surface area (Å²) in [5.74, 6) is 0.250. The molecule has 2 nitrogen and oxygen atoms in total. The van der Waals surface area contributed by atoms with Crippen LogP contribution in [0.2, 0.25) is 0 Å². The minimum atomic E-state index is -0.381. The van der Waals surface area contributed by atoms with Gasteiger partial charge in [-0.1, -0.05) is 20.8 Å². The van der Waals surface area contributed by atoms with Gasteiger partial charge in [-0.3, -0.25) is 0 Å². The second-order valence-electron chi connectivity index (χ2n) is 3.56. The summed E-state index contributed by atoms with van der Waals surface area (Å²) in [4.78, 5) is 0. The van der Waals surface area contributed by atoms with Crippen molar-refractivity contribution in [3.8, 4) is 0 Å². The smallest absolute Gasteiger partial charge is 0.0908 e. The molecule has 0 radical (unpaired) electrons. The molecule has 0 rings (SSSR count). The molecule has 0 aromatic heterocycles. The molecule has 0 aliphatic heterocycles. The van der Waals surface area contributed by atoms with Crippen LogP contribution >= 0.6 is 0 Å². The van der Waals surface area contributed by atoms with Crippen molar-refractivity contribution in [3.63, 3.8) is 0 Å². The van der Waals surface area contributed by atoms with Crippen LogP contribution in [0.3, 0.4) is 0 Å². The molecule has 0 fully saturated rings. The molecule has 0 saturated heterocycles. The fourth-order valence-corrected chi connectivity index (χ4v) is 1.18. The van der Waals surface area contributed by atoms with Crippen molar-refractivity contribution in [3.05, 3.63) is 0 Å². The van der Waals surface area contributed by atoms with Gasteiger partial charge in [0.2, 0.25) is 0 Å². The number of rotatable bonds is 4. The van der Waals surface area contributed by atoms with Gasteiger partial charge >= 0.3 is 0 Å². The normalized spacial score (nSPS) is 19.9. The maximum absolute atomic E-state index is 9.72. The highest BCUT2D eigenvalue weighted by atomic mass is 16.5. The van der Waals surface area contributed by atoms with Gasteiger partial charge in [-0.15, -0.1) is 0 Å². The van der Waals surface area contributed by atoms with E-state index in [0.717, 1.165) is 6.42 Å². The minimum Gasteiger partial charge on any atom is -0.390 e. The number of hydrogen-bond donors (Lipinski definition) is 1. The molecule has 2 atom stereocenters. The predicted molar refractivity (Wildman–Crippen MR) is 46.5 cm³/mol. The Kier molecular flexibility index (Phi) is 4.04. The Morgan fingerprint density at radius 2 is 1.91 bits per heavy atom. The Balaban J connectivity index is 4.24. The van der Waals surface area contributed by atoms with Gasteiger partial charge in [0.05, 0.1) is 11.7 Å². The lowest BCUT2D eigenvalue weighted by molar-refractivity contribution is -0.109. The first kappa shape index (κ1) is 10.9. The van der Waals surface area contributed by atoms with Crippen LogP contribution < -0.4 is 0 Å². The van der Waals surface area contributed by atoms with Crippen LogP contribution in [0.1, 0.15) is 34.1 Å². The lowest BCUT2D eigenvalue weighted by atomic mass is 9.88. The fraction of sp³-hybridized carbons (Fsp3) is 1.00. The molecule has 0 heterocycles. The molecule has 0 aliphatic rings. The fourth-order valence-electron chi connectivity index (χ4n) is 1.18. The van der Waals surface area contributed by atoms with E-state index in [2.05, 4.69) is 0 Å². The molecule has 2 unspecified atom stereocenters. The van der Waals surface area contributed by atoms with E-state index in [0.29, 0.717) is 0 Å². The Bertz CT molecular complexity index is 106. The molecule has 0 aliphatic carbocycles. The van der Waals surface area contributed by atoms with Gasteiger partial charge in [0, 0.05) is 7.11 Å². The first-order valence-electron chi connectivity index (χ1n) is 4.21. The summed E-state index contributed by atoms with van der Waals surface area (Å²) in [6, 6.07) is 0. The number of methoxy groups -OCH3 is 1. The first-order chi connectivity index (χ1) is 4.98. The lowest BCUT2D eigenvalue weighted by Crippen LogP contribution is -2.43. The van der Waals surface area contributed by atoms with Crippen molar-refractivity contribution in [1.29, 1.82) is 0 Å². The van der Waals surface area contributed by atoms with Crippen molar-refractivity contribution in [2.24, 2.45) is 5.92 Å². The van der Waals surface area contributed by atoms with E-state index in [1.165, 1.54) is 0 Å². The van der Waals surface area contributed by atoms with Crippen LogP contribution in [0.4, 0.5) is 0 Å². The average molecular weight is 160 g/mol. The minimum absolute atomic E-state index is 0.250. The summed E-state index contributed by atoms with van der Waals surface area (Å²) in [6.07, 6.45) is 0.459. The van der Waals surface area contributed by atoms with Crippen LogP contribution in [0.15, 0.2) is 0 Å². The van der Waals surface area contributed by atoms with Gasteiger partial charge in [-0.2, -0.15) is 0 Å². The third-order valence-corrected chi connectivity index (χ3v) is 2.43. The molecule has 0 spiro atoms. The number of aliphatic hydroxyl groups excluding tert-OH is 1. The van der Waals surface area contributed by atoms with E-state index < -0.39 is 0 Å². The zero-order chi connectivity index (χ0) is 9.07. The Morgan fingerprint density at radius 3 is 2.00 bits per heavy atom. The van der Waals surface area contributed by atoms with E-state index >= 15 is 0 Å². The van der Waals surface area contributed by atoms with Crippen LogP contribution in [0, 0.1) is 5.92 Å². The van der Waals surface area contributed by atoms with Crippen molar-refractivity contribution in [2.75, 3.05) is 7.11 Å². The molecule has 0 aromatic carbocycles. The molecule has 1 N–H and O–H groups in total. The molecule has 2 heteroatoms. The first-order valence-corrected chi connectivity index (χ1v) is 4.21. The quantitative estimate of drug-likeness (QED) is 0.679. The zero-order valence-corrected chi connectivity index (χ0v) is 8.22. The number of hydrogen-bond acceptors (Lipinski definition) is 2. The summed E-state index contributed by atoms with van der Waals surface area (Å²) in [6.45, 7) is 7.96. The van der Waals surface area contributed by atoms with Crippen molar-refractivity contribution >= 4 is 0 Å². The second kappa shape index (κ2) is 4.07. The summed E-state index contributed by atoms with van der Waals surface area (Å²) in [5.41, 5.74) is -0.381. The van der Waals surface area contributed by atoms with Crippen LogP contribution in [-0.4, -0.2) is 23.9 Å². The van der Waals surface area contributed by atoms with Crippen molar-refractivity contribution in [1.82, 2.24) is 0 Å². The largest absolute Gasteiger partial charge is 0.390 e. The van der Waals surface area contributed by atoms with E-state index in [-0.39, 0.29) is 17.6 Å². The third-order valence-electron chi connectivity index (χ3n) is 2.43. The molecule has 0 amide bonds. The Hall–Kier alpha value is -0.0800. The van der Waals surface area contributed by atoms with Gasteiger partial charge in [0.25, 0.3) is 0 Å². The Morgan fingerprint density at radius 1 is 1.45 bits per heavy atom. The predicted octanol–water partition coefficient (Wildman–Crippen LogP) is 1.82. The number of ether oxygens (including phenoxy) is 1. The summed E-state index contributed by atoms with van der Waals surface area (Å²) >= 11 is 0. The highest BCUT2D eigenvalue weighted by Crippen LogP contribution is 2.23. The van der Waals surface area contributed by atoms with Crippen LogP contribution in [0.5, 0.6) is 0 Å². The van der Waals surface area contributed by atoms with Gasteiger partial charge in [0.1, 0.15) is 0 Å². The molecule has 68 valence electrons. The van der Waals surface area contributed by atoms with E-state index in [9.17, 15) is 5.11 Å². The average Bonchev–Trinajstić information content (AvgIpc) is 2.01. The summed E-state index contributed by atoms with van der Waals surface area (Å²) < 4.78 is 5.26. The van der Waals surface area contributed by atoms with Gasteiger partial charge in [-0.05, 0) is 19.3 Å². The van der Waals surface area contributed by atoms with Gasteiger partial charge in [-0.25, -0.2) is 0 Å². The van der Waals surface area contributed by atoms with Gasteiger partial charge < -0.3 is 9.84 Å². The molecule has 0 aromatic rings.